The van der Waals surface area contributed by atoms with Crippen LogP contribution in [0.15, 0.2) is 18.3 Å². The van der Waals surface area contributed by atoms with E-state index in [0.717, 1.165) is 30.1 Å². The van der Waals surface area contributed by atoms with E-state index in [1.165, 1.54) is 28.5 Å². The number of anilines is 1. The lowest BCUT2D eigenvalue weighted by Gasteiger charge is -2.37. The first-order valence-electron chi connectivity index (χ1n) is 12.0. The Labute approximate surface area is 224 Å². The number of likely N-dealkylation sites (N-methyl/N-ethyl adjacent to an activating group) is 1. The molecule has 1 aliphatic carbocycles. The zero-order valence-corrected chi connectivity index (χ0v) is 22.6. The van der Waals surface area contributed by atoms with E-state index in [1.54, 1.807) is 20.2 Å². The van der Waals surface area contributed by atoms with E-state index in [0.29, 0.717) is 29.3 Å². The number of thiazole rings is 1. The van der Waals surface area contributed by atoms with Crippen LogP contribution in [-0.4, -0.2) is 83.2 Å². The van der Waals surface area contributed by atoms with E-state index in [4.69, 9.17) is 11.6 Å². The highest BCUT2D eigenvalue weighted by Gasteiger charge is 2.37. The summed E-state index contributed by atoms with van der Waals surface area (Å²) in [4.78, 5) is 64.3. The number of nitrogens with one attached hydrogen (secondary N) is 3. The average Bonchev–Trinajstić information content (AvgIpc) is 3.29. The summed E-state index contributed by atoms with van der Waals surface area (Å²) in [5, 5.41) is 9.04. The van der Waals surface area contributed by atoms with Gasteiger partial charge in [0.25, 0.3) is 5.91 Å². The molecule has 13 heteroatoms. The smallest absolute Gasteiger partial charge is 0.314 e. The van der Waals surface area contributed by atoms with E-state index < -0.39 is 23.9 Å². The van der Waals surface area contributed by atoms with Crippen LogP contribution in [0.2, 0.25) is 5.02 Å². The van der Waals surface area contributed by atoms with Gasteiger partial charge in [-0.3, -0.25) is 19.2 Å². The van der Waals surface area contributed by atoms with Crippen molar-refractivity contribution in [3.8, 4) is 0 Å². The first-order valence-corrected chi connectivity index (χ1v) is 13.3. The molecule has 0 bridgehead atoms. The lowest BCUT2D eigenvalue weighted by atomic mass is 9.81. The lowest BCUT2D eigenvalue weighted by molar-refractivity contribution is -0.289. The quantitative estimate of drug-likeness (QED) is 0.458. The van der Waals surface area contributed by atoms with Crippen LogP contribution in [0.5, 0.6) is 0 Å². The van der Waals surface area contributed by atoms with Gasteiger partial charge in [-0.2, -0.15) is 0 Å². The maximum Gasteiger partial charge on any atom is 0.314 e. The van der Waals surface area contributed by atoms with E-state index in [2.05, 4.69) is 30.8 Å². The first kappa shape index (κ1) is 27.0. The topological polar surface area (TPSA) is 137 Å². The fourth-order valence-corrected chi connectivity index (χ4v) is 5.82. The van der Waals surface area contributed by atoms with Crippen molar-refractivity contribution in [1.29, 1.82) is 0 Å². The molecule has 0 unspecified atom stereocenters. The van der Waals surface area contributed by atoms with Crippen molar-refractivity contribution in [2.45, 2.75) is 44.3 Å². The predicted octanol–water partition coefficient (Wildman–Crippen LogP) is 0.332. The Kier molecular flexibility index (Phi) is 8.40. The Morgan fingerprint density at radius 3 is 2.59 bits per heavy atom. The van der Waals surface area contributed by atoms with Crippen LogP contribution >= 0.6 is 11.3 Å². The maximum absolute atomic E-state index is 13.2. The van der Waals surface area contributed by atoms with E-state index in [1.807, 2.05) is 7.05 Å². The second-order valence-corrected chi connectivity index (χ2v) is 11.2. The largest absolute Gasteiger partial charge is 0.349 e. The molecule has 0 aromatic carbocycles. The van der Waals surface area contributed by atoms with Gasteiger partial charge in [0.05, 0.1) is 17.9 Å². The summed E-state index contributed by atoms with van der Waals surface area (Å²) in [7, 11) is 5.41. The molecule has 4 rings (SSSR count). The molecule has 4 amide bonds. The molecular formula is C24H31ClN7O4S+. The van der Waals surface area contributed by atoms with Gasteiger partial charge < -0.3 is 25.8 Å². The van der Waals surface area contributed by atoms with Gasteiger partial charge in [-0.25, -0.2) is 9.97 Å². The molecule has 1 fully saturated rings. The zero-order valence-electron chi connectivity index (χ0n) is 20.9. The number of hydrogen-bond donors (Lipinski definition) is 3. The van der Waals surface area contributed by atoms with Gasteiger partial charge in [0.15, 0.2) is 16.6 Å². The fraction of sp³-hybridized carbons (Fsp3) is 0.500. The van der Waals surface area contributed by atoms with Gasteiger partial charge in [0.1, 0.15) is 5.82 Å². The molecule has 198 valence electrons. The molecule has 1 saturated carbocycles. The Bertz CT molecular complexity index is 1190. The van der Waals surface area contributed by atoms with Crippen LogP contribution in [0.25, 0.3) is 0 Å². The molecule has 0 saturated heterocycles. The molecule has 37 heavy (non-hydrogen) atoms. The SMILES string of the molecule is CN1CCc2nc(C(=O)N[C@H]3C[C@H](C(=O)N(C)C)CC[C@@H]3NC(=O)C(=O)Nc3ccc([ClH+])cn3)sc2C1. The van der Waals surface area contributed by atoms with Crippen molar-refractivity contribution < 1.29 is 30.8 Å². The summed E-state index contributed by atoms with van der Waals surface area (Å²) < 4.78 is 0. The van der Waals surface area contributed by atoms with Gasteiger partial charge >= 0.3 is 11.8 Å². The van der Waals surface area contributed by atoms with Gasteiger partial charge in [-0.15, -0.1) is 11.3 Å². The summed E-state index contributed by atoms with van der Waals surface area (Å²) in [5.74, 6) is -2.21. The van der Waals surface area contributed by atoms with Gasteiger partial charge in [0.2, 0.25) is 10.9 Å². The Balaban J connectivity index is 1.45. The molecule has 2 aliphatic rings. The fourth-order valence-electron chi connectivity index (χ4n) is 4.60. The van der Waals surface area contributed by atoms with E-state index >= 15 is 0 Å². The van der Waals surface area contributed by atoms with Crippen molar-refractivity contribution in [1.82, 2.24) is 30.4 Å². The third kappa shape index (κ3) is 6.62. The number of halogens is 1. The van der Waals surface area contributed by atoms with Crippen LogP contribution in [0.3, 0.4) is 0 Å². The number of rotatable bonds is 5. The average molecular weight is 549 g/mol. The molecule has 2 aromatic rings. The van der Waals surface area contributed by atoms with Crippen LogP contribution in [0, 0.1) is 17.5 Å². The van der Waals surface area contributed by atoms with Crippen LogP contribution in [0.4, 0.5) is 5.82 Å². The Hall–Kier alpha value is -3.09. The van der Waals surface area contributed by atoms with Crippen molar-refractivity contribution in [3.63, 3.8) is 0 Å². The van der Waals surface area contributed by atoms with Gasteiger partial charge in [-0.05, 0) is 32.4 Å². The molecule has 2 aromatic heterocycles. The standard InChI is InChI=1S/C24H30ClN7O4S/c1-31(2)24(36)13-4-6-15(27-20(33)21(34)30-19-7-5-14(25)11-26-19)17(10-13)28-22(35)23-29-16-8-9-32(3)12-18(16)37-23/h5,7,11,13,15,17,25H,4,6,8-10,12H2,1-3H3,(H2-,26,27,28,30,33,34,35)/p+1/t13-,15+,17+/m1/s1. The third-order valence-electron chi connectivity index (χ3n) is 6.57. The summed E-state index contributed by atoms with van der Waals surface area (Å²) in [6.45, 7) is 1.64. The van der Waals surface area contributed by atoms with Gasteiger partial charge in [-0.1, -0.05) is 0 Å². The zero-order chi connectivity index (χ0) is 26.7. The van der Waals surface area contributed by atoms with Gasteiger partial charge in [0, 0.05) is 56.5 Å². The summed E-state index contributed by atoms with van der Waals surface area (Å²) in [5.41, 5.74) is 0.941. The highest BCUT2D eigenvalue weighted by Crippen LogP contribution is 2.28. The molecule has 3 atom stereocenters. The van der Waals surface area contributed by atoms with Crippen molar-refractivity contribution >= 4 is 40.8 Å². The summed E-state index contributed by atoms with van der Waals surface area (Å²) >= 11 is 6.34. The normalized spacial score (nSPS) is 21.5. The minimum atomic E-state index is -0.877. The monoisotopic (exact) mass is 548 g/mol. The van der Waals surface area contributed by atoms with Crippen LogP contribution in [-0.2, 0) is 27.3 Å². The first-order chi connectivity index (χ1) is 17.6. The van der Waals surface area contributed by atoms with Crippen molar-refractivity contribution in [2.75, 3.05) is 33.0 Å². The summed E-state index contributed by atoms with van der Waals surface area (Å²) in [6.07, 6.45) is 3.49. The van der Waals surface area contributed by atoms with E-state index in [-0.39, 0.29) is 23.6 Å². The molecule has 3 heterocycles. The van der Waals surface area contributed by atoms with Crippen LogP contribution in [0.1, 0.15) is 39.6 Å². The van der Waals surface area contributed by atoms with Crippen molar-refractivity contribution in [2.24, 2.45) is 5.92 Å². The molecule has 0 spiro atoms. The number of aromatic nitrogens is 2. The highest BCUT2D eigenvalue weighted by atomic mass is 35.5. The maximum atomic E-state index is 13.2. The predicted molar refractivity (Wildman–Crippen MR) is 135 cm³/mol. The van der Waals surface area contributed by atoms with Crippen LogP contribution < -0.4 is 16.0 Å². The molecule has 11 nitrogen and oxygen atoms in total. The lowest BCUT2D eigenvalue weighted by Crippen LogP contribution is -2.57. The number of nitrogens with zero attached hydrogens (tertiary/aromatic N) is 4. The molecule has 0 radical (unpaired) electrons. The Morgan fingerprint density at radius 2 is 1.89 bits per heavy atom. The number of carbonyl (C=O) groups is 4. The minimum Gasteiger partial charge on any atom is -0.349 e. The van der Waals surface area contributed by atoms with Crippen molar-refractivity contribution in [3.05, 3.63) is 38.9 Å². The molecular weight excluding hydrogens is 518 g/mol. The molecule has 3 N–H and O–H groups in total. The number of amides is 4. The molecule has 1 aliphatic heterocycles. The highest BCUT2D eigenvalue weighted by molar-refractivity contribution is 7.13. The number of hydrogen-bond acceptors (Lipinski definition) is 8. The summed E-state index contributed by atoms with van der Waals surface area (Å²) in [6, 6.07) is 2.03. The number of pyridine rings is 1. The Morgan fingerprint density at radius 1 is 1.11 bits per heavy atom. The number of carbonyl (C=O) groups excluding carboxylic acids is 4. The second-order valence-electron chi connectivity index (χ2n) is 9.61. The van der Waals surface area contributed by atoms with E-state index in [9.17, 15) is 19.2 Å². The second kappa shape index (κ2) is 11.5. The number of fused-ring (bicyclic) bond motifs is 1. The third-order valence-corrected chi connectivity index (χ3v) is 7.90. The minimum absolute atomic E-state index is 0.0363.